The van der Waals surface area contributed by atoms with Gasteiger partial charge in [-0.2, -0.15) is 0 Å². The molecule has 0 aromatic rings. The van der Waals surface area contributed by atoms with Crippen LogP contribution in [0.4, 0.5) is 0 Å². The van der Waals surface area contributed by atoms with Crippen molar-refractivity contribution in [3.63, 3.8) is 0 Å². The first kappa shape index (κ1) is 30.0. The van der Waals surface area contributed by atoms with Gasteiger partial charge in [0.25, 0.3) is 0 Å². The van der Waals surface area contributed by atoms with Crippen molar-refractivity contribution >= 4 is 0 Å². The largest absolute Gasteiger partial charge is 0.291 e. The molecule has 192 valence electrons. The third-order valence-electron chi connectivity index (χ3n) is 9.36. The van der Waals surface area contributed by atoms with Crippen LogP contribution in [0.5, 0.6) is 0 Å². The molecule has 1 nitrogen and oxygen atoms in total. The van der Waals surface area contributed by atoms with Gasteiger partial charge in [0.15, 0.2) is 0 Å². The Hall–Kier alpha value is -0.0400. The average Bonchev–Trinajstić information content (AvgIpc) is 3.36. The van der Waals surface area contributed by atoms with Crippen LogP contribution in [0.1, 0.15) is 171 Å². The molecule has 0 heterocycles. The second-order valence-corrected chi connectivity index (χ2v) is 11.8. The second kappa shape index (κ2) is 15.8. The second-order valence-electron chi connectivity index (χ2n) is 11.8. The first-order valence-corrected chi connectivity index (χ1v) is 15.2. The van der Waals surface area contributed by atoms with E-state index in [9.17, 15) is 0 Å². The van der Waals surface area contributed by atoms with E-state index in [1.54, 1.807) is 0 Å². The molecule has 0 aliphatic heterocycles. The fraction of sp³-hybridized carbons (Fsp3) is 1.00. The summed E-state index contributed by atoms with van der Waals surface area (Å²) in [5, 5.41) is 0. The number of rotatable bonds is 21. The SMILES string of the molecule is CCCCCCC(CCCCC)N(C(CC)C(CCCC)CCCC)C1(C)CC1(C)CC. The zero-order valence-electron chi connectivity index (χ0n) is 23.9. The normalized spacial score (nSPS) is 24.9. The Kier molecular flexibility index (Phi) is 14.8. The van der Waals surface area contributed by atoms with Gasteiger partial charge in [-0.15, -0.1) is 0 Å². The lowest BCUT2D eigenvalue weighted by Crippen LogP contribution is -2.54. The molecule has 1 heteroatoms. The Morgan fingerprint density at radius 1 is 0.625 bits per heavy atom. The summed E-state index contributed by atoms with van der Waals surface area (Å²) in [7, 11) is 0. The monoisotopic (exact) mass is 449 g/mol. The van der Waals surface area contributed by atoms with Crippen LogP contribution in [0.2, 0.25) is 0 Å². The fourth-order valence-electron chi connectivity index (χ4n) is 6.74. The molecule has 1 aliphatic carbocycles. The summed E-state index contributed by atoms with van der Waals surface area (Å²) in [5.41, 5.74) is 0.938. The van der Waals surface area contributed by atoms with Crippen LogP contribution >= 0.6 is 0 Å². The minimum absolute atomic E-state index is 0.417. The van der Waals surface area contributed by atoms with Gasteiger partial charge in [-0.1, -0.05) is 119 Å². The lowest BCUT2D eigenvalue weighted by Gasteiger charge is -2.48. The van der Waals surface area contributed by atoms with Crippen molar-refractivity contribution in [1.29, 1.82) is 0 Å². The van der Waals surface area contributed by atoms with Gasteiger partial charge in [-0.3, -0.25) is 4.90 Å². The fourth-order valence-corrected chi connectivity index (χ4v) is 6.74. The van der Waals surface area contributed by atoms with Crippen molar-refractivity contribution in [2.24, 2.45) is 11.3 Å². The maximum Gasteiger partial charge on any atom is 0.0247 e. The highest BCUT2D eigenvalue weighted by Crippen LogP contribution is 2.63. The Bertz CT molecular complexity index is 451. The Morgan fingerprint density at radius 3 is 1.56 bits per heavy atom. The molecule has 1 rings (SSSR count). The summed E-state index contributed by atoms with van der Waals surface area (Å²) in [6.45, 7) is 19.7. The zero-order chi connectivity index (χ0) is 24.0. The molecular formula is C31H63N. The molecule has 0 spiro atoms. The van der Waals surface area contributed by atoms with E-state index in [0.717, 1.165) is 18.0 Å². The van der Waals surface area contributed by atoms with Gasteiger partial charge >= 0.3 is 0 Å². The van der Waals surface area contributed by atoms with E-state index >= 15 is 0 Å². The van der Waals surface area contributed by atoms with Crippen molar-refractivity contribution in [3.8, 4) is 0 Å². The maximum atomic E-state index is 3.20. The van der Waals surface area contributed by atoms with E-state index in [1.165, 1.54) is 116 Å². The van der Waals surface area contributed by atoms with Crippen LogP contribution in [0.15, 0.2) is 0 Å². The summed E-state index contributed by atoms with van der Waals surface area (Å²) >= 11 is 0. The van der Waals surface area contributed by atoms with Crippen LogP contribution in [0.3, 0.4) is 0 Å². The predicted molar refractivity (Wildman–Crippen MR) is 147 cm³/mol. The number of nitrogens with zero attached hydrogens (tertiary/aromatic N) is 1. The molecular weight excluding hydrogens is 386 g/mol. The highest BCUT2D eigenvalue weighted by molar-refractivity contribution is 5.19. The Balaban J connectivity index is 3.24. The quantitative estimate of drug-likeness (QED) is 0.157. The molecule has 0 aromatic carbocycles. The molecule has 0 radical (unpaired) electrons. The van der Waals surface area contributed by atoms with Crippen LogP contribution in [0, 0.1) is 11.3 Å². The highest BCUT2D eigenvalue weighted by atomic mass is 15.3. The molecule has 1 fully saturated rings. The van der Waals surface area contributed by atoms with Crippen molar-refractivity contribution in [3.05, 3.63) is 0 Å². The van der Waals surface area contributed by atoms with Crippen molar-refractivity contribution in [2.75, 3.05) is 0 Å². The average molecular weight is 450 g/mol. The van der Waals surface area contributed by atoms with Gasteiger partial charge in [-0.05, 0) is 63.2 Å². The molecule has 4 unspecified atom stereocenters. The predicted octanol–water partition coefficient (Wildman–Crippen LogP) is 10.6. The molecule has 0 saturated heterocycles. The minimum atomic E-state index is 0.417. The van der Waals surface area contributed by atoms with Crippen LogP contribution in [-0.4, -0.2) is 22.5 Å². The van der Waals surface area contributed by atoms with Gasteiger partial charge in [0.2, 0.25) is 0 Å². The van der Waals surface area contributed by atoms with E-state index in [2.05, 4.69) is 60.3 Å². The molecule has 0 amide bonds. The van der Waals surface area contributed by atoms with Crippen LogP contribution in [0.25, 0.3) is 0 Å². The molecule has 0 bridgehead atoms. The Labute approximate surface area is 204 Å². The van der Waals surface area contributed by atoms with Crippen molar-refractivity contribution in [2.45, 2.75) is 189 Å². The van der Waals surface area contributed by atoms with Crippen LogP contribution in [-0.2, 0) is 0 Å². The lowest BCUT2D eigenvalue weighted by atomic mass is 9.82. The summed E-state index contributed by atoms with van der Waals surface area (Å²) in [6, 6.07) is 1.58. The van der Waals surface area contributed by atoms with Gasteiger partial charge in [-0.25, -0.2) is 0 Å². The molecule has 1 saturated carbocycles. The smallest absolute Gasteiger partial charge is 0.0247 e. The van der Waals surface area contributed by atoms with E-state index < -0.39 is 0 Å². The van der Waals surface area contributed by atoms with E-state index in [4.69, 9.17) is 0 Å². The Morgan fingerprint density at radius 2 is 1.12 bits per heavy atom. The van der Waals surface area contributed by atoms with Gasteiger partial charge in [0, 0.05) is 17.6 Å². The standard InChI is InChI=1S/C31H63N/c1-9-15-19-21-25-28(24-20-16-10-2)32(31(8)26-30(31,7)14-6)29(13-5)27(22-17-11-3)23-18-12-4/h27-29H,9-26H2,1-8H3. The first-order chi connectivity index (χ1) is 15.4. The van der Waals surface area contributed by atoms with E-state index in [0.29, 0.717) is 11.0 Å². The van der Waals surface area contributed by atoms with Crippen LogP contribution < -0.4 is 0 Å². The molecule has 0 aromatic heterocycles. The number of hydrogen-bond acceptors (Lipinski definition) is 1. The first-order valence-electron chi connectivity index (χ1n) is 15.2. The van der Waals surface area contributed by atoms with Crippen molar-refractivity contribution < 1.29 is 0 Å². The van der Waals surface area contributed by atoms with E-state index in [1.807, 2.05) is 0 Å². The summed E-state index contributed by atoms with van der Waals surface area (Å²) in [4.78, 5) is 3.20. The zero-order valence-corrected chi connectivity index (χ0v) is 23.9. The highest BCUT2D eigenvalue weighted by Gasteiger charge is 2.64. The molecule has 4 atom stereocenters. The third-order valence-corrected chi connectivity index (χ3v) is 9.36. The number of unbranched alkanes of at least 4 members (excludes halogenated alkanes) is 7. The summed E-state index contributed by atoms with van der Waals surface area (Å²) in [6.07, 6.45) is 25.2. The maximum absolute atomic E-state index is 3.20. The summed E-state index contributed by atoms with van der Waals surface area (Å²) < 4.78 is 0. The topological polar surface area (TPSA) is 3.24 Å². The van der Waals surface area contributed by atoms with Crippen molar-refractivity contribution in [1.82, 2.24) is 4.90 Å². The molecule has 0 N–H and O–H groups in total. The lowest BCUT2D eigenvalue weighted by molar-refractivity contribution is 0.00278. The van der Waals surface area contributed by atoms with Gasteiger partial charge < -0.3 is 0 Å². The van der Waals surface area contributed by atoms with Gasteiger partial charge in [0.05, 0.1) is 0 Å². The molecule has 1 aliphatic rings. The number of hydrogen-bond donors (Lipinski definition) is 0. The minimum Gasteiger partial charge on any atom is -0.291 e. The third kappa shape index (κ3) is 8.32. The van der Waals surface area contributed by atoms with Gasteiger partial charge in [0.1, 0.15) is 0 Å². The summed E-state index contributed by atoms with van der Waals surface area (Å²) in [5.74, 6) is 0.891. The van der Waals surface area contributed by atoms with E-state index in [-0.39, 0.29) is 0 Å². The molecule has 32 heavy (non-hydrogen) atoms.